The molecule has 1 N–H and O–H groups in total. The molecule has 17 heavy (non-hydrogen) atoms. The van der Waals surface area contributed by atoms with Crippen LogP contribution in [0.5, 0.6) is 0 Å². The number of carbonyl (C=O) groups excluding carboxylic acids is 1. The largest absolute Gasteiger partial charge is 0.393 e. The molecular weight excluding hydrogens is 212 g/mol. The molecule has 1 aliphatic carbocycles. The zero-order valence-corrected chi connectivity index (χ0v) is 11.2. The van der Waals surface area contributed by atoms with E-state index in [2.05, 4.69) is 6.92 Å². The highest BCUT2D eigenvalue weighted by molar-refractivity contribution is 5.49. The van der Waals surface area contributed by atoms with E-state index in [4.69, 9.17) is 0 Å². The monoisotopic (exact) mass is 240 g/mol. The van der Waals surface area contributed by atoms with Crippen molar-refractivity contribution in [2.45, 2.75) is 77.2 Å². The first-order valence-electron chi connectivity index (χ1n) is 7.39. The van der Waals surface area contributed by atoms with Gasteiger partial charge in [0.05, 0.1) is 6.10 Å². The lowest BCUT2D eigenvalue weighted by molar-refractivity contribution is -0.108. The Kier molecular flexibility index (Phi) is 7.50. The molecule has 100 valence electrons. The predicted octanol–water partition coefficient (Wildman–Crippen LogP) is 3.71. The molecule has 0 aromatic rings. The Balaban J connectivity index is 2.14. The summed E-state index contributed by atoms with van der Waals surface area (Å²) in [4.78, 5) is 10.3. The van der Waals surface area contributed by atoms with E-state index in [1.165, 1.54) is 38.5 Å². The second-order valence-electron chi connectivity index (χ2n) is 5.59. The first-order valence-corrected chi connectivity index (χ1v) is 7.39. The second kappa shape index (κ2) is 8.68. The van der Waals surface area contributed by atoms with Crippen molar-refractivity contribution < 1.29 is 9.90 Å². The number of rotatable bonds is 8. The van der Waals surface area contributed by atoms with E-state index in [-0.39, 0.29) is 6.10 Å². The van der Waals surface area contributed by atoms with E-state index >= 15 is 0 Å². The molecule has 1 atom stereocenters. The Bertz CT molecular complexity index is 195. The maximum atomic E-state index is 10.3. The summed E-state index contributed by atoms with van der Waals surface area (Å²) in [7, 11) is 0. The van der Waals surface area contributed by atoms with Crippen molar-refractivity contribution in [3.05, 3.63) is 0 Å². The molecule has 0 heterocycles. The zero-order valence-electron chi connectivity index (χ0n) is 11.2. The van der Waals surface area contributed by atoms with Gasteiger partial charge in [-0.15, -0.1) is 0 Å². The Morgan fingerprint density at radius 3 is 2.53 bits per heavy atom. The molecule has 0 amide bonds. The summed E-state index contributed by atoms with van der Waals surface area (Å²) in [5.41, 5.74) is 0. The summed E-state index contributed by atoms with van der Waals surface area (Å²) in [5.74, 6) is 1.36. The summed E-state index contributed by atoms with van der Waals surface area (Å²) in [6.07, 6.45) is 12.2. The van der Waals surface area contributed by atoms with E-state index in [0.717, 1.165) is 25.0 Å². The van der Waals surface area contributed by atoms with Gasteiger partial charge in [0.15, 0.2) is 0 Å². The fourth-order valence-electron chi connectivity index (χ4n) is 3.02. The van der Waals surface area contributed by atoms with Crippen molar-refractivity contribution in [3.8, 4) is 0 Å². The number of aldehydes is 1. The first kappa shape index (κ1) is 14.7. The molecular formula is C15H28O2. The van der Waals surface area contributed by atoms with Crippen molar-refractivity contribution in [2.75, 3.05) is 0 Å². The van der Waals surface area contributed by atoms with E-state index < -0.39 is 0 Å². The maximum Gasteiger partial charge on any atom is 0.120 e. The number of unbranched alkanes of at least 4 members (excludes halogenated alkanes) is 2. The lowest BCUT2D eigenvalue weighted by Gasteiger charge is -2.31. The zero-order chi connectivity index (χ0) is 12.5. The average Bonchev–Trinajstić information content (AvgIpc) is 2.37. The molecule has 0 aromatic heterocycles. The molecule has 0 radical (unpaired) electrons. The highest BCUT2D eigenvalue weighted by Crippen LogP contribution is 2.34. The van der Waals surface area contributed by atoms with Crippen LogP contribution < -0.4 is 0 Å². The minimum atomic E-state index is -0.239. The number of aliphatic hydroxyl groups excluding tert-OH is 1. The molecule has 0 saturated heterocycles. The molecule has 0 spiro atoms. The summed E-state index contributed by atoms with van der Waals surface area (Å²) < 4.78 is 0. The highest BCUT2D eigenvalue weighted by Gasteiger charge is 2.25. The quantitative estimate of drug-likeness (QED) is 0.518. The van der Waals surface area contributed by atoms with Crippen molar-refractivity contribution in [1.82, 2.24) is 0 Å². The summed E-state index contributed by atoms with van der Waals surface area (Å²) in [6, 6.07) is 0. The van der Waals surface area contributed by atoms with Gasteiger partial charge in [-0.1, -0.05) is 45.4 Å². The summed E-state index contributed by atoms with van der Waals surface area (Å²) in [6.45, 7) is 2.25. The minimum absolute atomic E-state index is 0.239. The van der Waals surface area contributed by atoms with E-state index in [1.54, 1.807) is 0 Å². The standard InChI is InChI=1S/C15H28O2/c1-2-3-4-6-13-8-10-14(11-9-13)15(17)7-5-12-16/h12-15,17H,2-11H2,1H3. The van der Waals surface area contributed by atoms with Crippen molar-refractivity contribution in [3.63, 3.8) is 0 Å². The molecule has 2 nitrogen and oxygen atoms in total. The lowest BCUT2D eigenvalue weighted by atomic mass is 9.77. The van der Waals surface area contributed by atoms with E-state index in [0.29, 0.717) is 18.8 Å². The van der Waals surface area contributed by atoms with Crippen molar-refractivity contribution in [2.24, 2.45) is 11.8 Å². The van der Waals surface area contributed by atoms with Crippen LogP contribution in [0.1, 0.15) is 71.1 Å². The van der Waals surface area contributed by atoms with Gasteiger partial charge in [-0.3, -0.25) is 0 Å². The van der Waals surface area contributed by atoms with Crippen LogP contribution in [0.3, 0.4) is 0 Å². The molecule has 0 aromatic carbocycles. The van der Waals surface area contributed by atoms with Gasteiger partial charge < -0.3 is 9.90 Å². The SMILES string of the molecule is CCCCCC1CCC(C(O)CCC=O)CC1. The average molecular weight is 240 g/mol. The van der Waals surface area contributed by atoms with Gasteiger partial charge in [0, 0.05) is 6.42 Å². The molecule has 1 saturated carbocycles. The Morgan fingerprint density at radius 2 is 1.94 bits per heavy atom. The van der Waals surface area contributed by atoms with Gasteiger partial charge in [0.1, 0.15) is 6.29 Å². The van der Waals surface area contributed by atoms with E-state index in [1.807, 2.05) is 0 Å². The van der Waals surface area contributed by atoms with Crippen LogP contribution in [0.25, 0.3) is 0 Å². The molecule has 1 unspecified atom stereocenters. The van der Waals surface area contributed by atoms with Crippen LogP contribution in [-0.4, -0.2) is 17.5 Å². The Labute approximate surface area is 106 Å². The number of carbonyl (C=O) groups is 1. The highest BCUT2D eigenvalue weighted by atomic mass is 16.3. The molecule has 1 fully saturated rings. The van der Waals surface area contributed by atoms with Crippen molar-refractivity contribution in [1.29, 1.82) is 0 Å². The second-order valence-corrected chi connectivity index (χ2v) is 5.59. The van der Waals surface area contributed by atoms with Gasteiger partial charge in [-0.05, 0) is 31.1 Å². The predicted molar refractivity (Wildman–Crippen MR) is 70.9 cm³/mol. The van der Waals surface area contributed by atoms with Crippen molar-refractivity contribution >= 4 is 6.29 Å². The van der Waals surface area contributed by atoms with Gasteiger partial charge >= 0.3 is 0 Å². The lowest BCUT2D eigenvalue weighted by Crippen LogP contribution is -2.25. The summed E-state index contributed by atoms with van der Waals surface area (Å²) >= 11 is 0. The fraction of sp³-hybridized carbons (Fsp3) is 0.933. The van der Waals surface area contributed by atoms with Crippen LogP contribution in [0.4, 0.5) is 0 Å². The topological polar surface area (TPSA) is 37.3 Å². The Morgan fingerprint density at radius 1 is 1.24 bits per heavy atom. The maximum absolute atomic E-state index is 10.3. The molecule has 0 bridgehead atoms. The van der Waals surface area contributed by atoms with Gasteiger partial charge in [0.25, 0.3) is 0 Å². The Hall–Kier alpha value is -0.370. The smallest absolute Gasteiger partial charge is 0.120 e. The molecule has 0 aliphatic heterocycles. The normalized spacial score (nSPS) is 26.7. The molecule has 2 heteroatoms. The van der Waals surface area contributed by atoms with Crippen LogP contribution in [0.15, 0.2) is 0 Å². The number of hydrogen-bond donors (Lipinski definition) is 1. The number of aliphatic hydroxyl groups is 1. The molecule has 1 aliphatic rings. The third kappa shape index (κ3) is 5.67. The first-order chi connectivity index (χ1) is 8.27. The summed E-state index contributed by atoms with van der Waals surface area (Å²) in [5, 5.41) is 9.95. The van der Waals surface area contributed by atoms with E-state index in [9.17, 15) is 9.90 Å². The van der Waals surface area contributed by atoms with Crippen LogP contribution in [-0.2, 0) is 4.79 Å². The van der Waals surface area contributed by atoms with Gasteiger partial charge in [0.2, 0.25) is 0 Å². The third-order valence-electron chi connectivity index (χ3n) is 4.23. The third-order valence-corrected chi connectivity index (χ3v) is 4.23. The van der Waals surface area contributed by atoms with Crippen LogP contribution >= 0.6 is 0 Å². The van der Waals surface area contributed by atoms with Crippen LogP contribution in [0.2, 0.25) is 0 Å². The fourth-order valence-corrected chi connectivity index (χ4v) is 3.02. The molecule has 1 rings (SSSR count). The number of hydrogen-bond acceptors (Lipinski definition) is 2. The van der Waals surface area contributed by atoms with Crippen LogP contribution in [0, 0.1) is 11.8 Å². The van der Waals surface area contributed by atoms with Gasteiger partial charge in [-0.25, -0.2) is 0 Å². The minimum Gasteiger partial charge on any atom is -0.393 e. The van der Waals surface area contributed by atoms with Gasteiger partial charge in [-0.2, -0.15) is 0 Å².